The molecule has 0 spiro atoms. The van der Waals surface area contributed by atoms with Crippen molar-refractivity contribution in [2.45, 2.75) is 13.8 Å². The first-order valence-corrected chi connectivity index (χ1v) is 7.20. The summed E-state index contributed by atoms with van der Waals surface area (Å²) in [6, 6.07) is 13.0. The Morgan fingerprint density at radius 1 is 1.25 bits per heavy atom. The summed E-state index contributed by atoms with van der Waals surface area (Å²) in [7, 11) is 0. The standard InChI is InChI=1S/C16H16BrNO2/c1-3-20-15-10-11(2)8-9-14(15)18-16(19)12-6-4-5-7-13(12)17/h4-10H,3H2,1-2H3,(H,18,19). The molecule has 2 aromatic rings. The second-order valence-corrected chi connectivity index (χ2v) is 5.22. The minimum Gasteiger partial charge on any atom is -0.492 e. The van der Waals surface area contributed by atoms with Crippen molar-refractivity contribution in [2.24, 2.45) is 0 Å². The maximum atomic E-state index is 12.3. The molecule has 104 valence electrons. The fraction of sp³-hybridized carbons (Fsp3) is 0.188. The van der Waals surface area contributed by atoms with Crippen molar-refractivity contribution in [1.82, 2.24) is 0 Å². The number of nitrogens with one attached hydrogen (secondary N) is 1. The third kappa shape index (κ3) is 3.39. The maximum Gasteiger partial charge on any atom is 0.256 e. The van der Waals surface area contributed by atoms with Crippen LogP contribution in [-0.2, 0) is 0 Å². The number of ether oxygens (including phenoxy) is 1. The van der Waals surface area contributed by atoms with Gasteiger partial charge in [-0.1, -0.05) is 18.2 Å². The van der Waals surface area contributed by atoms with Crippen LogP contribution in [0.2, 0.25) is 0 Å². The number of rotatable bonds is 4. The molecule has 0 saturated heterocycles. The summed E-state index contributed by atoms with van der Waals surface area (Å²) < 4.78 is 6.32. The summed E-state index contributed by atoms with van der Waals surface area (Å²) in [6.07, 6.45) is 0. The van der Waals surface area contributed by atoms with E-state index < -0.39 is 0 Å². The summed E-state index contributed by atoms with van der Waals surface area (Å²) in [5.41, 5.74) is 2.36. The van der Waals surface area contributed by atoms with E-state index in [9.17, 15) is 4.79 Å². The van der Waals surface area contributed by atoms with Crippen molar-refractivity contribution in [2.75, 3.05) is 11.9 Å². The van der Waals surface area contributed by atoms with E-state index in [0.29, 0.717) is 23.6 Å². The number of hydrogen-bond donors (Lipinski definition) is 1. The molecule has 0 saturated carbocycles. The monoisotopic (exact) mass is 333 g/mol. The van der Waals surface area contributed by atoms with Crippen LogP contribution in [0.1, 0.15) is 22.8 Å². The van der Waals surface area contributed by atoms with E-state index in [1.165, 1.54) is 0 Å². The van der Waals surface area contributed by atoms with E-state index >= 15 is 0 Å². The molecule has 0 bridgehead atoms. The second-order valence-electron chi connectivity index (χ2n) is 4.37. The largest absolute Gasteiger partial charge is 0.492 e. The maximum absolute atomic E-state index is 12.3. The normalized spacial score (nSPS) is 10.2. The van der Waals surface area contributed by atoms with Gasteiger partial charge in [-0.05, 0) is 59.6 Å². The van der Waals surface area contributed by atoms with Crippen LogP contribution in [0, 0.1) is 6.92 Å². The first-order chi connectivity index (χ1) is 9.61. The van der Waals surface area contributed by atoms with Gasteiger partial charge in [0, 0.05) is 4.47 Å². The van der Waals surface area contributed by atoms with E-state index in [-0.39, 0.29) is 5.91 Å². The van der Waals surface area contributed by atoms with Crippen molar-refractivity contribution < 1.29 is 9.53 Å². The third-order valence-electron chi connectivity index (χ3n) is 2.80. The number of aryl methyl sites for hydroxylation is 1. The molecular formula is C16H16BrNO2. The highest BCUT2D eigenvalue weighted by Gasteiger charge is 2.12. The zero-order valence-electron chi connectivity index (χ0n) is 11.4. The molecule has 2 aromatic carbocycles. The van der Waals surface area contributed by atoms with Crippen molar-refractivity contribution >= 4 is 27.5 Å². The zero-order chi connectivity index (χ0) is 14.5. The summed E-state index contributed by atoms with van der Waals surface area (Å²) in [6.45, 7) is 4.46. The summed E-state index contributed by atoms with van der Waals surface area (Å²) in [5.74, 6) is 0.523. The average molecular weight is 334 g/mol. The van der Waals surface area contributed by atoms with E-state index in [1.807, 2.05) is 50.2 Å². The minimum absolute atomic E-state index is 0.165. The lowest BCUT2D eigenvalue weighted by atomic mass is 10.2. The summed E-state index contributed by atoms with van der Waals surface area (Å²) >= 11 is 3.38. The molecule has 0 aliphatic rings. The van der Waals surface area contributed by atoms with E-state index in [0.717, 1.165) is 10.0 Å². The molecule has 0 aromatic heterocycles. The molecule has 0 aliphatic carbocycles. The highest BCUT2D eigenvalue weighted by Crippen LogP contribution is 2.27. The number of benzene rings is 2. The number of anilines is 1. The van der Waals surface area contributed by atoms with E-state index in [4.69, 9.17) is 4.74 Å². The molecular weight excluding hydrogens is 318 g/mol. The first kappa shape index (κ1) is 14.6. The molecule has 2 rings (SSSR count). The summed E-state index contributed by atoms with van der Waals surface area (Å²) in [5, 5.41) is 2.89. The SMILES string of the molecule is CCOc1cc(C)ccc1NC(=O)c1ccccc1Br. The predicted molar refractivity (Wildman–Crippen MR) is 84.4 cm³/mol. The van der Waals surface area contributed by atoms with Gasteiger partial charge in [0.2, 0.25) is 0 Å². The van der Waals surface area contributed by atoms with E-state index in [1.54, 1.807) is 6.07 Å². The lowest BCUT2D eigenvalue weighted by Crippen LogP contribution is -2.13. The highest BCUT2D eigenvalue weighted by molar-refractivity contribution is 9.10. The topological polar surface area (TPSA) is 38.3 Å². The Balaban J connectivity index is 2.26. The predicted octanol–water partition coefficient (Wildman–Crippen LogP) is 4.41. The van der Waals surface area contributed by atoms with Gasteiger partial charge in [0.05, 0.1) is 17.9 Å². The van der Waals surface area contributed by atoms with Crippen molar-refractivity contribution in [3.8, 4) is 5.75 Å². The molecule has 0 radical (unpaired) electrons. The van der Waals surface area contributed by atoms with Crippen LogP contribution in [0.25, 0.3) is 0 Å². The van der Waals surface area contributed by atoms with Crippen LogP contribution in [0.5, 0.6) is 5.75 Å². The Kier molecular flexibility index (Phi) is 4.79. The molecule has 4 heteroatoms. The van der Waals surface area contributed by atoms with Gasteiger partial charge in [-0.15, -0.1) is 0 Å². The molecule has 1 N–H and O–H groups in total. The van der Waals surface area contributed by atoms with Crippen LogP contribution >= 0.6 is 15.9 Å². The number of halogens is 1. The summed E-state index contributed by atoms with van der Waals surface area (Å²) in [4.78, 5) is 12.3. The smallest absolute Gasteiger partial charge is 0.256 e. The highest BCUT2D eigenvalue weighted by atomic mass is 79.9. The van der Waals surface area contributed by atoms with Gasteiger partial charge in [-0.2, -0.15) is 0 Å². The molecule has 0 unspecified atom stereocenters. The van der Waals surface area contributed by atoms with Gasteiger partial charge in [-0.3, -0.25) is 4.79 Å². The van der Waals surface area contributed by atoms with Crippen molar-refractivity contribution in [3.63, 3.8) is 0 Å². The van der Waals surface area contributed by atoms with Gasteiger partial charge >= 0.3 is 0 Å². The van der Waals surface area contributed by atoms with Crippen LogP contribution in [-0.4, -0.2) is 12.5 Å². The van der Waals surface area contributed by atoms with Crippen LogP contribution in [0.3, 0.4) is 0 Å². The molecule has 1 amide bonds. The van der Waals surface area contributed by atoms with Crippen LogP contribution in [0.4, 0.5) is 5.69 Å². The number of carbonyl (C=O) groups excluding carboxylic acids is 1. The number of carbonyl (C=O) groups is 1. The fourth-order valence-electron chi connectivity index (χ4n) is 1.84. The Bertz CT molecular complexity index is 626. The Labute approximate surface area is 127 Å². The molecule has 0 fully saturated rings. The minimum atomic E-state index is -0.165. The fourth-order valence-corrected chi connectivity index (χ4v) is 2.31. The average Bonchev–Trinajstić information content (AvgIpc) is 2.42. The Morgan fingerprint density at radius 3 is 2.70 bits per heavy atom. The van der Waals surface area contributed by atoms with Crippen molar-refractivity contribution in [3.05, 3.63) is 58.1 Å². The van der Waals surface area contributed by atoms with Gasteiger partial charge < -0.3 is 10.1 Å². The number of hydrogen-bond acceptors (Lipinski definition) is 2. The van der Waals surface area contributed by atoms with E-state index in [2.05, 4.69) is 21.2 Å². The molecule has 20 heavy (non-hydrogen) atoms. The zero-order valence-corrected chi connectivity index (χ0v) is 13.0. The third-order valence-corrected chi connectivity index (χ3v) is 3.50. The second kappa shape index (κ2) is 6.57. The van der Waals surface area contributed by atoms with Gasteiger partial charge in [0.25, 0.3) is 5.91 Å². The lowest BCUT2D eigenvalue weighted by Gasteiger charge is -2.12. The van der Waals surface area contributed by atoms with Gasteiger partial charge in [-0.25, -0.2) is 0 Å². The molecule has 3 nitrogen and oxygen atoms in total. The van der Waals surface area contributed by atoms with Crippen LogP contribution in [0.15, 0.2) is 46.9 Å². The molecule has 0 heterocycles. The van der Waals surface area contributed by atoms with Crippen molar-refractivity contribution in [1.29, 1.82) is 0 Å². The van der Waals surface area contributed by atoms with Crippen LogP contribution < -0.4 is 10.1 Å². The van der Waals surface area contributed by atoms with Gasteiger partial charge in [0.15, 0.2) is 0 Å². The number of amides is 1. The Morgan fingerprint density at radius 2 is 2.00 bits per heavy atom. The first-order valence-electron chi connectivity index (χ1n) is 6.41. The molecule has 0 atom stereocenters. The quantitative estimate of drug-likeness (QED) is 0.899. The molecule has 0 aliphatic heterocycles. The van der Waals surface area contributed by atoms with Gasteiger partial charge in [0.1, 0.15) is 5.75 Å². The lowest BCUT2D eigenvalue weighted by molar-refractivity contribution is 0.102. The Hall–Kier alpha value is -1.81.